The molecule has 0 amide bonds. The van der Waals surface area contributed by atoms with Crippen LogP contribution in [0.15, 0.2) is 0 Å². The van der Waals surface area contributed by atoms with Gasteiger partial charge in [-0.05, 0) is 13.3 Å². The summed E-state index contributed by atoms with van der Waals surface area (Å²) in [5, 5.41) is 7.93. The number of nitrogens with one attached hydrogen (secondary N) is 1. The van der Waals surface area contributed by atoms with Crippen LogP contribution in [0.3, 0.4) is 0 Å². The molecule has 0 saturated heterocycles. The minimum absolute atomic E-state index is 0.662. The van der Waals surface area contributed by atoms with E-state index in [0.717, 1.165) is 30.0 Å². The van der Waals surface area contributed by atoms with Crippen molar-refractivity contribution < 1.29 is 0 Å². The van der Waals surface area contributed by atoms with E-state index < -0.39 is 0 Å². The number of aromatic nitrogens is 4. The molecule has 0 unspecified atom stereocenters. The van der Waals surface area contributed by atoms with E-state index in [-0.39, 0.29) is 0 Å². The zero-order valence-corrected chi connectivity index (χ0v) is 8.39. The Morgan fingerprint density at radius 3 is 2.92 bits per heavy atom. The lowest BCUT2D eigenvalue weighted by molar-refractivity contribution is 0.757. The maximum Gasteiger partial charge on any atom is 0.194 e. The summed E-state index contributed by atoms with van der Waals surface area (Å²) in [6, 6.07) is 0. The SMILES string of the molecule is CCCc1nc2c(Cl)c(C)[nH]n2n1. The third kappa shape index (κ3) is 1.31. The summed E-state index contributed by atoms with van der Waals surface area (Å²) >= 11 is 6.00. The highest BCUT2D eigenvalue weighted by atomic mass is 35.5. The molecule has 2 heterocycles. The van der Waals surface area contributed by atoms with Gasteiger partial charge in [-0.1, -0.05) is 18.5 Å². The number of hydrogen-bond acceptors (Lipinski definition) is 2. The van der Waals surface area contributed by atoms with Crippen molar-refractivity contribution in [3.8, 4) is 0 Å². The first-order valence-electron chi connectivity index (χ1n) is 4.32. The number of rotatable bonds is 2. The van der Waals surface area contributed by atoms with E-state index >= 15 is 0 Å². The standard InChI is InChI=1S/C8H11ClN4/c1-3-4-6-10-8-7(9)5(2)11-13(8)12-6/h11H,3-4H2,1-2H3. The molecular formula is C8H11ClN4. The summed E-state index contributed by atoms with van der Waals surface area (Å²) in [6.07, 6.45) is 1.94. The molecule has 4 nitrogen and oxygen atoms in total. The number of fused-ring (bicyclic) bond motifs is 1. The van der Waals surface area contributed by atoms with Crippen LogP contribution in [0.25, 0.3) is 5.65 Å². The predicted octanol–water partition coefficient (Wildman–Crippen LogP) is 1.97. The average molecular weight is 199 g/mol. The van der Waals surface area contributed by atoms with Gasteiger partial charge in [0.15, 0.2) is 11.5 Å². The molecule has 2 rings (SSSR count). The van der Waals surface area contributed by atoms with Crippen molar-refractivity contribution in [1.29, 1.82) is 0 Å². The molecule has 0 atom stereocenters. The van der Waals surface area contributed by atoms with Gasteiger partial charge in [-0.3, -0.25) is 5.10 Å². The minimum Gasteiger partial charge on any atom is -0.279 e. The lowest BCUT2D eigenvalue weighted by atomic mass is 10.3. The molecule has 0 aliphatic heterocycles. The number of aryl methyl sites for hydroxylation is 2. The largest absolute Gasteiger partial charge is 0.279 e. The summed E-state index contributed by atoms with van der Waals surface area (Å²) in [6.45, 7) is 4.00. The molecule has 0 radical (unpaired) electrons. The van der Waals surface area contributed by atoms with Crippen molar-refractivity contribution in [1.82, 2.24) is 19.8 Å². The maximum absolute atomic E-state index is 6.00. The molecule has 13 heavy (non-hydrogen) atoms. The molecule has 2 aromatic rings. The Balaban J connectivity index is 2.52. The lowest BCUT2D eigenvalue weighted by Crippen LogP contribution is -1.90. The van der Waals surface area contributed by atoms with Crippen molar-refractivity contribution in [2.24, 2.45) is 0 Å². The molecule has 0 bridgehead atoms. The van der Waals surface area contributed by atoms with E-state index in [0.29, 0.717) is 5.02 Å². The number of halogens is 1. The van der Waals surface area contributed by atoms with Gasteiger partial charge in [0.05, 0.1) is 5.69 Å². The lowest BCUT2D eigenvalue weighted by Gasteiger charge is -1.86. The summed E-state index contributed by atoms with van der Waals surface area (Å²) in [4.78, 5) is 4.31. The van der Waals surface area contributed by atoms with Crippen molar-refractivity contribution >= 4 is 17.2 Å². The zero-order valence-electron chi connectivity index (χ0n) is 7.63. The number of H-pyrrole nitrogens is 1. The molecule has 0 spiro atoms. The topological polar surface area (TPSA) is 46.0 Å². The number of nitrogens with zero attached hydrogens (tertiary/aromatic N) is 3. The van der Waals surface area contributed by atoms with Crippen molar-refractivity contribution in [3.05, 3.63) is 16.5 Å². The zero-order chi connectivity index (χ0) is 9.42. The first kappa shape index (κ1) is 8.56. The maximum atomic E-state index is 6.00. The molecule has 0 fully saturated rings. The summed E-state index contributed by atoms with van der Waals surface area (Å²) in [5.74, 6) is 0.843. The minimum atomic E-state index is 0.662. The normalized spacial score (nSPS) is 11.3. The van der Waals surface area contributed by atoms with Gasteiger partial charge < -0.3 is 0 Å². The smallest absolute Gasteiger partial charge is 0.194 e. The second-order valence-electron chi connectivity index (χ2n) is 3.06. The van der Waals surface area contributed by atoms with E-state index in [2.05, 4.69) is 22.1 Å². The highest BCUT2D eigenvalue weighted by Crippen LogP contribution is 2.19. The molecule has 2 aromatic heterocycles. The first-order valence-corrected chi connectivity index (χ1v) is 4.70. The van der Waals surface area contributed by atoms with E-state index in [9.17, 15) is 0 Å². The molecule has 0 saturated carbocycles. The third-order valence-corrected chi connectivity index (χ3v) is 2.38. The fraction of sp³-hybridized carbons (Fsp3) is 0.500. The molecule has 70 valence electrons. The van der Waals surface area contributed by atoms with Gasteiger partial charge in [-0.25, -0.2) is 4.98 Å². The van der Waals surface area contributed by atoms with Crippen LogP contribution in [-0.2, 0) is 6.42 Å². The van der Waals surface area contributed by atoms with E-state index in [1.165, 1.54) is 0 Å². The van der Waals surface area contributed by atoms with Gasteiger partial charge in [0.1, 0.15) is 5.02 Å². The van der Waals surface area contributed by atoms with Crippen LogP contribution in [0.5, 0.6) is 0 Å². The monoisotopic (exact) mass is 198 g/mol. The van der Waals surface area contributed by atoms with E-state index in [1.807, 2.05) is 6.92 Å². The third-order valence-electron chi connectivity index (χ3n) is 1.92. The first-order chi connectivity index (χ1) is 6.22. The van der Waals surface area contributed by atoms with Gasteiger partial charge in [0.25, 0.3) is 0 Å². The Hall–Kier alpha value is -1.03. The Morgan fingerprint density at radius 1 is 1.54 bits per heavy atom. The summed E-state index contributed by atoms with van der Waals surface area (Å²) < 4.78 is 1.63. The Labute approximate surface area is 80.9 Å². The Bertz CT molecular complexity index is 428. The Kier molecular flexibility index (Phi) is 2.00. The second kappa shape index (κ2) is 3.03. The quantitative estimate of drug-likeness (QED) is 0.802. The van der Waals surface area contributed by atoms with Gasteiger partial charge in [-0.15, -0.1) is 5.10 Å². The van der Waals surface area contributed by atoms with E-state index in [1.54, 1.807) is 4.63 Å². The molecule has 1 N–H and O–H groups in total. The number of aromatic amines is 1. The van der Waals surface area contributed by atoms with Crippen LogP contribution in [0.1, 0.15) is 24.9 Å². The fourth-order valence-corrected chi connectivity index (χ4v) is 1.44. The van der Waals surface area contributed by atoms with Crippen molar-refractivity contribution in [2.75, 3.05) is 0 Å². The van der Waals surface area contributed by atoms with E-state index in [4.69, 9.17) is 11.6 Å². The summed E-state index contributed by atoms with van der Waals surface area (Å²) in [7, 11) is 0. The molecule has 0 aliphatic carbocycles. The molecular weight excluding hydrogens is 188 g/mol. The fourth-order valence-electron chi connectivity index (χ4n) is 1.28. The molecule has 0 aromatic carbocycles. The second-order valence-corrected chi connectivity index (χ2v) is 3.44. The highest BCUT2D eigenvalue weighted by Gasteiger charge is 2.10. The highest BCUT2D eigenvalue weighted by molar-refractivity contribution is 6.34. The average Bonchev–Trinajstić information content (AvgIpc) is 2.56. The van der Waals surface area contributed by atoms with Gasteiger partial charge in [-0.2, -0.15) is 4.63 Å². The van der Waals surface area contributed by atoms with Crippen LogP contribution >= 0.6 is 11.6 Å². The van der Waals surface area contributed by atoms with Crippen LogP contribution in [-0.4, -0.2) is 19.8 Å². The predicted molar refractivity (Wildman–Crippen MR) is 51.1 cm³/mol. The van der Waals surface area contributed by atoms with Crippen LogP contribution in [0.2, 0.25) is 5.02 Å². The molecule has 5 heteroatoms. The van der Waals surface area contributed by atoms with Crippen molar-refractivity contribution in [3.63, 3.8) is 0 Å². The van der Waals surface area contributed by atoms with Gasteiger partial charge in [0.2, 0.25) is 0 Å². The number of hydrogen-bond donors (Lipinski definition) is 1. The van der Waals surface area contributed by atoms with Gasteiger partial charge >= 0.3 is 0 Å². The van der Waals surface area contributed by atoms with Crippen LogP contribution in [0, 0.1) is 6.92 Å². The van der Waals surface area contributed by atoms with Crippen LogP contribution < -0.4 is 0 Å². The van der Waals surface area contributed by atoms with Gasteiger partial charge in [0, 0.05) is 6.42 Å². The molecule has 0 aliphatic rings. The van der Waals surface area contributed by atoms with Crippen LogP contribution in [0.4, 0.5) is 0 Å². The van der Waals surface area contributed by atoms with Crippen molar-refractivity contribution in [2.45, 2.75) is 26.7 Å². The Morgan fingerprint density at radius 2 is 2.31 bits per heavy atom. The summed E-state index contributed by atoms with van der Waals surface area (Å²) in [5.41, 5.74) is 1.63.